The molecule has 4 rings (SSSR count). The molecule has 3 heterocycles. The lowest BCUT2D eigenvalue weighted by Gasteiger charge is -2.22. The maximum absolute atomic E-state index is 12.8. The number of aromatic nitrogens is 7. The molecular formula is C14H22N10O. The third-order valence-corrected chi connectivity index (χ3v) is 5.00. The predicted octanol–water partition coefficient (Wildman–Crippen LogP) is -0.520. The van der Waals surface area contributed by atoms with Crippen LogP contribution in [0, 0.1) is 5.92 Å². The highest BCUT2D eigenvalue weighted by Crippen LogP contribution is 2.31. The highest BCUT2D eigenvalue weighted by atomic mass is 16.2. The maximum atomic E-state index is 12.8. The SMILES string of the molecule is CC(NC(=O)C1CNNC1n1cnnn1)c1nncn1C1CCCC1. The second kappa shape index (κ2) is 6.84. The molecule has 11 nitrogen and oxygen atoms in total. The van der Waals surface area contributed by atoms with Crippen LogP contribution in [-0.2, 0) is 4.79 Å². The molecule has 0 bridgehead atoms. The second-order valence-corrected chi connectivity index (χ2v) is 6.63. The molecule has 3 atom stereocenters. The van der Waals surface area contributed by atoms with Crippen LogP contribution in [0.4, 0.5) is 0 Å². The number of hydrogen-bond acceptors (Lipinski definition) is 8. The first-order valence-corrected chi connectivity index (χ1v) is 8.64. The first-order valence-electron chi connectivity index (χ1n) is 8.64. The minimum atomic E-state index is -0.325. The van der Waals surface area contributed by atoms with Crippen molar-refractivity contribution in [2.75, 3.05) is 6.54 Å². The molecule has 1 aliphatic carbocycles. The summed E-state index contributed by atoms with van der Waals surface area (Å²) < 4.78 is 3.65. The van der Waals surface area contributed by atoms with E-state index in [1.807, 2.05) is 6.92 Å². The number of carbonyl (C=O) groups is 1. The van der Waals surface area contributed by atoms with E-state index in [-0.39, 0.29) is 24.0 Å². The molecule has 0 radical (unpaired) electrons. The van der Waals surface area contributed by atoms with Crippen LogP contribution in [0.1, 0.15) is 56.7 Å². The fraction of sp³-hybridized carbons (Fsp3) is 0.714. The number of tetrazole rings is 1. The Kier molecular flexibility index (Phi) is 4.40. The van der Waals surface area contributed by atoms with Gasteiger partial charge in [0.25, 0.3) is 0 Å². The van der Waals surface area contributed by atoms with Crippen molar-refractivity contribution < 1.29 is 4.79 Å². The topological polar surface area (TPSA) is 127 Å². The van der Waals surface area contributed by atoms with Crippen molar-refractivity contribution in [2.24, 2.45) is 5.92 Å². The van der Waals surface area contributed by atoms with Gasteiger partial charge in [0.1, 0.15) is 18.8 Å². The van der Waals surface area contributed by atoms with E-state index in [0.717, 1.165) is 18.7 Å². The molecule has 0 spiro atoms. The fourth-order valence-corrected chi connectivity index (χ4v) is 3.68. The molecule has 2 aliphatic rings. The van der Waals surface area contributed by atoms with Crippen LogP contribution in [0.5, 0.6) is 0 Å². The van der Waals surface area contributed by atoms with Gasteiger partial charge in [-0.25, -0.2) is 10.1 Å². The lowest BCUT2D eigenvalue weighted by atomic mass is 10.1. The molecule has 2 aromatic rings. The summed E-state index contributed by atoms with van der Waals surface area (Å²) in [4.78, 5) is 12.8. The van der Waals surface area contributed by atoms with Crippen LogP contribution in [0.25, 0.3) is 0 Å². The van der Waals surface area contributed by atoms with Crippen molar-refractivity contribution in [1.29, 1.82) is 0 Å². The molecule has 1 aliphatic heterocycles. The third kappa shape index (κ3) is 3.12. The van der Waals surface area contributed by atoms with Gasteiger partial charge in [0.2, 0.25) is 5.91 Å². The first kappa shape index (κ1) is 16.1. The fourth-order valence-electron chi connectivity index (χ4n) is 3.68. The van der Waals surface area contributed by atoms with Gasteiger partial charge in [0.15, 0.2) is 5.82 Å². The summed E-state index contributed by atoms with van der Waals surface area (Å²) in [6, 6.07) is 0.221. The monoisotopic (exact) mass is 346 g/mol. The normalized spacial score (nSPS) is 25.3. The highest BCUT2D eigenvalue weighted by molar-refractivity contribution is 5.80. The number of nitrogens with zero attached hydrogens (tertiary/aromatic N) is 7. The van der Waals surface area contributed by atoms with Gasteiger partial charge in [0.05, 0.1) is 12.0 Å². The van der Waals surface area contributed by atoms with E-state index < -0.39 is 0 Å². The molecule has 25 heavy (non-hydrogen) atoms. The zero-order valence-corrected chi connectivity index (χ0v) is 14.0. The van der Waals surface area contributed by atoms with E-state index in [9.17, 15) is 4.79 Å². The molecule has 3 N–H and O–H groups in total. The summed E-state index contributed by atoms with van der Waals surface area (Å²) >= 11 is 0. The van der Waals surface area contributed by atoms with Crippen LogP contribution in [-0.4, -0.2) is 47.4 Å². The van der Waals surface area contributed by atoms with Crippen molar-refractivity contribution in [3.8, 4) is 0 Å². The Morgan fingerprint density at radius 1 is 1.32 bits per heavy atom. The molecule has 2 fully saturated rings. The van der Waals surface area contributed by atoms with Crippen LogP contribution in [0.2, 0.25) is 0 Å². The molecule has 1 saturated carbocycles. The van der Waals surface area contributed by atoms with E-state index in [2.05, 4.69) is 46.5 Å². The zero-order valence-electron chi connectivity index (χ0n) is 14.0. The van der Waals surface area contributed by atoms with Gasteiger partial charge >= 0.3 is 0 Å². The number of rotatable bonds is 5. The summed E-state index contributed by atoms with van der Waals surface area (Å²) in [7, 11) is 0. The Hall–Kier alpha value is -2.40. The van der Waals surface area contributed by atoms with E-state index in [0.29, 0.717) is 12.6 Å². The van der Waals surface area contributed by atoms with Crippen molar-refractivity contribution in [3.05, 3.63) is 18.5 Å². The van der Waals surface area contributed by atoms with Crippen molar-refractivity contribution >= 4 is 5.91 Å². The van der Waals surface area contributed by atoms with Gasteiger partial charge in [-0.3, -0.25) is 10.2 Å². The standard InChI is InChI=1S/C14H22N10O/c1-9(12-19-16-7-23(12)10-4-2-3-5-10)18-14(25)11-6-15-20-13(11)24-8-17-21-22-24/h7-11,13,15,20H,2-6H2,1H3,(H,18,25). The van der Waals surface area contributed by atoms with E-state index in [1.165, 1.54) is 23.9 Å². The Balaban J connectivity index is 1.45. The highest BCUT2D eigenvalue weighted by Gasteiger charge is 2.36. The summed E-state index contributed by atoms with van der Waals surface area (Å²) in [5.41, 5.74) is 6.03. The van der Waals surface area contributed by atoms with Crippen LogP contribution >= 0.6 is 0 Å². The Morgan fingerprint density at radius 2 is 2.16 bits per heavy atom. The van der Waals surface area contributed by atoms with E-state index >= 15 is 0 Å². The maximum Gasteiger partial charge on any atom is 0.228 e. The quantitative estimate of drug-likeness (QED) is 0.660. The van der Waals surface area contributed by atoms with Crippen molar-refractivity contribution in [1.82, 2.24) is 51.1 Å². The van der Waals surface area contributed by atoms with Crippen LogP contribution in [0.3, 0.4) is 0 Å². The number of hydrogen-bond donors (Lipinski definition) is 3. The molecule has 3 unspecified atom stereocenters. The average molecular weight is 346 g/mol. The molecule has 2 aromatic heterocycles. The minimum Gasteiger partial charge on any atom is -0.346 e. The van der Waals surface area contributed by atoms with Crippen molar-refractivity contribution in [2.45, 2.75) is 50.9 Å². The second-order valence-electron chi connectivity index (χ2n) is 6.63. The average Bonchev–Trinajstić information content (AvgIpc) is 3.43. The van der Waals surface area contributed by atoms with Gasteiger partial charge in [0, 0.05) is 12.6 Å². The summed E-state index contributed by atoms with van der Waals surface area (Å²) in [5.74, 6) is 0.401. The summed E-state index contributed by atoms with van der Waals surface area (Å²) in [5, 5.41) is 22.5. The number of amides is 1. The molecular weight excluding hydrogens is 324 g/mol. The molecule has 1 saturated heterocycles. The lowest BCUT2D eigenvalue weighted by Crippen LogP contribution is -2.39. The lowest BCUT2D eigenvalue weighted by molar-refractivity contribution is -0.126. The summed E-state index contributed by atoms with van der Waals surface area (Å²) in [6.07, 6.45) is 7.69. The predicted molar refractivity (Wildman–Crippen MR) is 85.6 cm³/mol. The van der Waals surface area contributed by atoms with Crippen LogP contribution < -0.4 is 16.2 Å². The van der Waals surface area contributed by atoms with Gasteiger partial charge < -0.3 is 9.88 Å². The van der Waals surface area contributed by atoms with Gasteiger partial charge in [-0.15, -0.1) is 15.3 Å². The first-order chi connectivity index (χ1) is 12.2. The molecule has 0 aromatic carbocycles. The van der Waals surface area contributed by atoms with Crippen molar-refractivity contribution in [3.63, 3.8) is 0 Å². The van der Waals surface area contributed by atoms with Gasteiger partial charge in [-0.05, 0) is 30.2 Å². The Bertz CT molecular complexity index is 707. The van der Waals surface area contributed by atoms with E-state index in [4.69, 9.17) is 0 Å². The summed E-state index contributed by atoms with van der Waals surface area (Å²) in [6.45, 7) is 2.44. The zero-order chi connectivity index (χ0) is 17.2. The largest absolute Gasteiger partial charge is 0.346 e. The van der Waals surface area contributed by atoms with Gasteiger partial charge in [-0.2, -0.15) is 0 Å². The van der Waals surface area contributed by atoms with Gasteiger partial charge in [-0.1, -0.05) is 12.8 Å². The molecule has 11 heteroatoms. The molecule has 134 valence electrons. The number of hydrazine groups is 1. The van der Waals surface area contributed by atoms with E-state index in [1.54, 1.807) is 6.33 Å². The van der Waals surface area contributed by atoms with Crippen LogP contribution in [0.15, 0.2) is 12.7 Å². The smallest absolute Gasteiger partial charge is 0.228 e. The Labute approximate surface area is 144 Å². The molecule has 1 amide bonds. The third-order valence-electron chi connectivity index (χ3n) is 5.00. The number of nitrogens with one attached hydrogen (secondary N) is 3. The number of carbonyl (C=O) groups excluding carboxylic acids is 1. The minimum absolute atomic E-state index is 0.0773. The Morgan fingerprint density at radius 3 is 2.92 bits per heavy atom.